The van der Waals surface area contributed by atoms with E-state index in [0.29, 0.717) is 11.2 Å². The van der Waals surface area contributed by atoms with Crippen LogP contribution in [0.5, 0.6) is 5.75 Å². The van der Waals surface area contributed by atoms with Crippen molar-refractivity contribution in [3.05, 3.63) is 45.6 Å². The number of benzene rings is 1. The van der Waals surface area contributed by atoms with Gasteiger partial charge in [-0.25, -0.2) is 9.47 Å². The molecule has 2 heterocycles. The molecular weight excluding hydrogens is 363 g/mol. The minimum atomic E-state index is -0.519. The maximum atomic E-state index is 12.1. The van der Waals surface area contributed by atoms with Crippen molar-refractivity contribution >= 4 is 29.8 Å². The summed E-state index contributed by atoms with van der Waals surface area (Å²) in [5, 5.41) is 24.5. The molecule has 0 saturated heterocycles. The molecule has 0 bridgehead atoms. The van der Waals surface area contributed by atoms with Crippen molar-refractivity contribution < 1.29 is 26.3 Å². The zero-order valence-electron chi connectivity index (χ0n) is 12.1. The van der Waals surface area contributed by atoms with Crippen molar-refractivity contribution in [2.24, 2.45) is 5.10 Å². The van der Waals surface area contributed by atoms with Gasteiger partial charge < -0.3 is 22.2 Å². The van der Waals surface area contributed by atoms with Crippen LogP contribution in [0, 0.1) is 13.8 Å². The van der Waals surface area contributed by atoms with Gasteiger partial charge in [0.25, 0.3) is 0 Å². The average molecular weight is 373 g/mol. The molecule has 0 amide bonds. The van der Waals surface area contributed by atoms with Crippen LogP contribution < -0.4 is 10.7 Å². The third-order valence-electron chi connectivity index (χ3n) is 3.19. The van der Waals surface area contributed by atoms with Crippen LogP contribution in [0.1, 0.15) is 17.0 Å². The van der Waals surface area contributed by atoms with Gasteiger partial charge in [0.1, 0.15) is 11.4 Å². The molecule has 7 nitrogen and oxygen atoms in total. The van der Waals surface area contributed by atoms with Gasteiger partial charge in [0.15, 0.2) is 0 Å². The van der Waals surface area contributed by atoms with Gasteiger partial charge in [-0.3, -0.25) is 0 Å². The Morgan fingerprint density at radius 1 is 1.35 bits per heavy atom. The Labute approximate surface area is 146 Å². The van der Waals surface area contributed by atoms with Crippen LogP contribution in [0.3, 0.4) is 0 Å². The number of aromatic nitrogens is 3. The summed E-state index contributed by atoms with van der Waals surface area (Å²) >= 11 is 4.98. The van der Waals surface area contributed by atoms with E-state index in [1.807, 2.05) is 0 Å². The molecule has 0 saturated carbocycles. The second kappa shape index (κ2) is 6.48. The topological polar surface area (TPSA) is 96.3 Å². The van der Waals surface area contributed by atoms with E-state index in [2.05, 4.69) is 15.3 Å². The number of fused-ring (bicyclic) bond motifs is 1. The predicted octanol–water partition coefficient (Wildman–Crippen LogP) is 0.860. The molecule has 9 heteroatoms. The Morgan fingerprint density at radius 2 is 2.09 bits per heavy atom. The molecule has 119 valence electrons. The van der Waals surface area contributed by atoms with E-state index in [1.54, 1.807) is 19.9 Å². The first-order valence-electron chi connectivity index (χ1n) is 6.35. The molecule has 1 radical (unpaired) electrons. The normalized spacial score (nSPS) is 11.0. The SMILES string of the molecule is Cc1cc(=O)oc2c(/C=N/n3c(C)nnc3[S-])c([O-])ccc12.[Co+2]. The molecule has 0 spiro atoms. The minimum Gasteiger partial charge on any atom is -0.872 e. The maximum Gasteiger partial charge on any atom is 2.00 e. The molecule has 0 atom stereocenters. The molecule has 0 N–H and O–H groups in total. The number of hydrogen-bond donors (Lipinski definition) is 0. The van der Waals surface area contributed by atoms with Crippen molar-refractivity contribution in [1.29, 1.82) is 0 Å². The summed E-state index contributed by atoms with van der Waals surface area (Å²) in [6, 6.07) is 4.40. The molecule has 2 aromatic heterocycles. The first kappa shape index (κ1) is 17.1. The monoisotopic (exact) mass is 373 g/mol. The van der Waals surface area contributed by atoms with Crippen LogP contribution in [0.2, 0.25) is 0 Å². The van der Waals surface area contributed by atoms with E-state index < -0.39 is 5.63 Å². The van der Waals surface area contributed by atoms with Gasteiger partial charge in [-0.1, -0.05) is 17.9 Å². The predicted molar refractivity (Wildman–Crippen MR) is 80.0 cm³/mol. The van der Waals surface area contributed by atoms with Crippen LogP contribution in [-0.2, 0) is 29.4 Å². The molecule has 0 aliphatic carbocycles. The number of aryl methyl sites for hydroxylation is 2. The van der Waals surface area contributed by atoms with Gasteiger partial charge in [0.2, 0.25) is 0 Å². The summed E-state index contributed by atoms with van der Waals surface area (Å²) < 4.78 is 6.49. The van der Waals surface area contributed by atoms with E-state index >= 15 is 0 Å². The van der Waals surface area contributed by atoms with Crippen molar-refractivity contribution in [3.63, 3.8) is 0 Å². The van der Waals surface area contributed by atoms with Gasteiger partial charge in [0, 0.05) is 22.2 Å². The summed E-state index contributed by atoms with van der Waals surface area (Å²) in [5.41, 5.74) is 0.596. The Hall–Kier alpha value is -2.23. The molecule has 0 aliphatic heterocycles. The first-order chi connectivity index (χ1) is 10.5. The Morgan fingerprint density at radius 3 is 2.74 bits per heavy atom. The van der Waals surface area contributed by atoms with Crippen LogP contribution in [-0.4, -0.2) is 21.1 Å². The Balaban J connectivity index is 0.00000192. The third kappa shape index (κ3) is 3.11. The van der Waals surface area contributed by atoms with Gasteiger partial charge in [-0.2, -0.15) is 10.2 Å². The van der Waals surface area contributed by atoms with Crippen LogP contribution in [0.25, 0.3) is 11.0 Å². The second-order valence-electron chi connectivity index (χ2n) is 4.69. The fraction of sp³-hybridized carbons (Fsp3) is 0.143. The minimum absolute atomic E-state index is 0. The summed E-state index contributed by atoms with van der Waals surface area (Å²) in [6.45, 7) is 3.46. The average Bonchev–Trinajstić information content (AvgIpc) is 2.77. The zero-order chi connectivity index (χ0) is 15.9. The maximum absolute atomic E-state index is 12.1. The van der Waals surface area contributed by atoms with Crippen molar-refractivity contribution in [3.8, 4) is 5.75 Å². The number of nitrogens with zero attached hydrogens (tertiary/aromatic N) is 4. The van der Waals surface area contributed by atoms with Crippen molar-refractivity contribution in [2.45, 2.75) is 19.0 Å². The van der Waals surface area contributed by atoms with Gasteiger partial charge in [0.05, 0.1) is 6.21 Å². The summed E-state index contributed by atoms with van der Waals surface area (Å²) in [4.78, 5) is 11.6. The molecule has 1 aromatic carbocycles. The van der Waals surface area contributed by atoms with Crippen LogP contribution >= 0.6 is 0 Å². The standard InChI is InChI=1S/C14H12N4O3S.Co/c1-7-5-12(20)21-13-9(7)3-4-11(19)10(13)6-15-18-8(2)16-17-14(18)22;/h3-6,19H,1-2H3,(H,17,22);/q;+2/p-2/b15-6+;. The molecule has 3 aromatic rings. The number of hydrogen-bond acceptors (Lipinski definition) is 7. The second-order valence-corrected chi connectivity index (χ2v) is 5.05. The van der Waals surface area contributed by atoms with Crippen molar-refractivity contribution in [2.75, 3.05) is 0 Å². The quantitative estimate of drug-likeness (QED) is 0.376. The number of rotatable bonds is 2. The Bertz CT molecular complexity index is 945. The van der Waals surface area contributed by atoms with Gasteiger partial charge >= 0.3 is 22.4 Å². The summed E-state index contributed by atoms with van der Waals surface area (Å²) in [7, 11) is 0. The third-order valence-corrected chi connectivity index (χ3v) is 3.44. The Kier molecular flexibility index (Phi) is 4.83. The van der Waals surface area contributed by atoms with E-state index in [1.165, 1.54) is 23.0 Å². The fourth-order valence-electron chi connectivity index (χ4n) is 2.10. The van der Waals surface area contributed by atoms with E-state index in [-0.39, 0.29) is 38.8 Å². The first-order valence-corrected chi connectivity index (χ1v) is 6.76. The molecule has 0 fully saturated rings. The molecular formula is C14H10CoN4O3S. The zero-order valence-corrected chi connectivity index (χ0v) is 13.9. The van der Waals surface area contributed by atoms with Gasteiger partial charge in [-0.15, -0.1) is 5.10 Å². The van der Waals surface area contributed by atoms with Crippen LogP contribution in [0.4, 0.5) is 0 Å². The summed E-state index contributed by atoms with van der Waals surface area (Å²) in [6.07, 6.45) is 1.30. The molecule has 0 unspecified atom stereocenters. The molecule has 0 aliphatic rings. The largest absolute Gasteiger partial charge is 2.00 e. The van der Waals surface area contributed by atoms with Crippen molar-refractivity contribution in [1.82, 2.24) is 14.9 Å². The molecule has 3 rings (SSSR count). The fourth-order valence-corrected chi connectivity index (χ4v) is 2.32. The molecule has 23 heavy (non-hydrogen) atoms. The smallest absolute Gasteiger partial charge is 0.872 e. The summed E-state index contributed by atoms with van der Waals surface area (Å²) in [5.74, 6) is 0.188. The van der Waals surface area contributed by atoms with E-state index in [0.717, 1.165) is 5.56 Å². The van der Waals surface area contributed by atoms with Gasteiger partial charge in [-0.05, 0) is 19.4 Å². The van der Waals surface area contributed by atoms with E-state index in [9.17, 15) is 9.90 Å². The van der Waals surface area contributed by atoms with E-state index in [4.69, 9.17) is 17.0 Å². The van der Waals surface area contributed by atoms with Crippen LogP contribution in [0.15, 0.2) is 37.7 Å².